The summed E-state index contributed by atoms with van der Waals surface area (Å²) in [6.07, 6.45) is 1.12. The molecule has 1 atom stereocenters. The number of fused-ring (bicyclic) bond motifs is 1. The molecule has 0 radical (unpaired) electrons. The first kappa shape index (κ1) is 11.0. The molecule has 0 aliphatic carbocycles. The van der Waals surface area contributed by atoms with Gasteiger partial charge < -0.3 is 9.84 Å². The van der Waals surface area contributed by atoms with Crippen LogP contribution in [0.15, 0.2) is 16.6 Å². The van der Waals surface area contributed by atoms with Crippen LogP contribution in [-0.2, 0) is 11.3 Å². The summed E-state index contributed by atoms with van der Waals surface area (Å²) in [6, 6.07) is 3.60. The number of benzene rings is 1. The molecule has 2 rings (SSSR count). The minimum absolute atomic E-state index is 0.126. The van der Waals surface area contributed by atoms with Crippen LogP contribution in [0.4, 0.5) is 0 Å². The molecule has 2 nitrogen and oxygen atoms in total. The molecule has 1 aromatic carbocycles. The molecule has 0 aromatic heterocycles. The Morgan fingerprint density at radius 2 is 2.27 bits per heavy atom. The van der Waals surface area contributed by atoms with Crippen LogP contribution in [0.1, 0.15) is 37.5 Å². The fraction of sp³-hybridized carbons (Fsp3) is 0.500. The van der Waals surface area contributed by atoms with Crippen LogP contribution in [0.3, 0.4) is 0 Å². The zero-order valence-electron chi connectivity index (χ0n) is 8.96. The van der Waals surface area contributed by atoms with E-state index in [0.29, 0.717) is 18.3 Å². The maximum atomic E-state index is 9.71. The van der Waals surface area contributed by atoms with E-state index < -0.39 is 0 Å². The quantitative estimate of drug-likeness (QED) is 0.887. The SMILES string of the molecule is CC(C)CC1OCc2c(O)ccc(Br)c21. The van der Waals surface area contributed by atoms with E-state index in [0.717, 1.165) is 22.0 Å². The molecule has 0 spiro atoms. The molecule has 1 aromatic rings. The molecular formula is C12H15BrO2. The number of hydrogen-bond acceptors (Lipinski definition) is 2. The van der Waals surface area contributed by atoms with E-state index in [1.54, 1.807) is 6.07 Å². The highest BCUT2D eigenvalue weighted by atomic mass is 79.9. The molecular weight excluding hydrogens is 256 g/mol. The van der Waals surface area contributed by atoms with Crippen molar-refractivity contribution in [2.75, 3.05) is 0 Å². The van der Waals surface area contributed by atoms with Crippen molar-refractivity contribution >= 4 is 15.9 Å². The lowest BCUT2D eigenvalue weighted by Crippen LogP contribution is -2.01. The second kappa shape index (κ2) is 4.14. The van der Waals surface area contributed by atoms with Crippen molar-refractivity contribution in [2.24, 2.45) is 5.92 Å². The van der Waals surface area contributed by atoms with Crippen LogP contribution in [0, 0.1) is 5.92 Å². The minimum Gasteiger partial charge on any atom is -0.508 e. The fourth-order valence-electron chi connectivity index (χ4n) is 2.01. The third-order valence-corrected chi connectivity index (χ3v) is 3.41. The first-order chi connectivity index (χ1) is 7.09. The van der Waals surface area contributed by atoms with Gasteiger partial charge in [0.05, 0.1) is 12.7 Å². The van der Waals surface area contributed by atoms with Crippen LogP contribution in [-0.4, -0.2) is 5.11 Å². The molecule has 3 heteroatoms. The molecule has 0 fully saturated rings. The lowest BCUT2D eigenvalue weighted by atomic mass is 9.97. The predicted molar refractivity (Wildman–Crippen MR) is 62.8 cm³/mol. The van der Waals surface area contributed by atoms with Gasteiger partial charge in [0.1, 0.15) is 5.75 Å². The zero-order chi connectivity index (χ0) is 11.0. The van der Waals surface area contributed by atoms with Crippen molar-refractivity contribution in [3.63, 3.8) is 0 Å². The first-order valence-electron chi connectivity index (χ1n) is 5.21. The van der Waals surface area contributed by atoms with E-state index in [2.05, 4.69) is 29.8 Å². The van der Waals surface area contributed by atoms with Gasteiger partial charge in [0.2, 0.25) is 0 Å². The van der Waals surface area contributed by atoms with Crippen LogP contribution in [0.2, 0.25) is 0 Å². The number of hydrogen-bond donors (Lipinski definition) is 1. The summed E-state index contributed by atoms with van der Waals surface area (Å²) in [4.78, 5) is 0. The third kappa shape index (κ3) is 2.04. The second-order valence-electron chi connectivity index (χ2n) is 4.39. The molecule has 1 N–H and O–H groups in total. The van der Waals surface area contributed by atoms with Gasteiger partial charge in [-0.05, 0) is 24.5 Å². The fourth-order valence-corrected chi connectivity index (χ4v) is 2.63. The summed E-state index contributed by atoms with van der Waals surface area (Å²) in [6.45, 7) is 4.88. The number of ether oxygens (including phenoxy) is 1. The molecule has 1 aliphatic heterocycles. The number of halogens is 1. The average Bonchev–Trinajstić information content (AvgIpc) is 2.56. The minimum atomic E-state index is 0.126. The highest BCUT2D eigenvalue weighted by molar-refractivity contribution is 9.10. The predicted octanol–water partition coefficient (Wildman–Crippen LogP) is 3.77. The largest absolute Gasteiger partial charge is 0.508 e. The van der Waals surface area contributed by atoms with Crippen LogP contribution in [0.5, 0.6) is 5.75 Å². The van der Waals surface area contributed by atoms with Gasteiger partial charge in [-0.25, -0.2) is 0 Å². The molecule has 82 valence electrons. The van der Waals surface area contributed by atoms with Gasteiger partial charge in [-0.15, -0.1) is 0 Å². The average molecular weight is 271 g/mol. The van der Waals surface area contributed by atoms with Crippen molar-refractivity contribution in [1.29, 1.82) is 0 Å². The van der Waals surface area contributed by atoms with E-state index >= 15 is 0 Å². The maximum absolute atomic E-state index is 9.71. The standard InChI is InChI=1S/C12H15BrO2/c1-7(2)5-11-12-8(6-15-11)10(14)4-3-9(12)13/h3-4,7,11,14H,5-6H2,1-2H3. The van der Waals surface area contributed by atoms with Gasteiger partial charge >= 0.3 is 0 Å². The third-order valence-electron chi connectivity index (χ3n) is 2.72. The Labute approximate surface area is 98.4 Å². The molecule has 1 unspecified atom stereocenters. The van der Waals surface area contributed by atoms with Gasteiger partial charge in [-0.3, -0.25) is 0 Å². The van der Waals surface area contributed by atoms with E-state index in [4.69, 9.17) is 4.74 Å². The molecule has 0 amide bonds. The van der Waals surface area contributed by atoms with Crippen molar-refractivity contribution < 1.29 is 9.84 Å². The molecule has 0 bridgehead atoms. The molecule has 15 heavy (non-hydrogen) atoms. The van der Waals surface area contributed by atoms with Gasteiger partial charge in [-0.1, -0.05) is 29.8 Å². The first-order valence-corrected chi connectivity index (χ1v) is 6.00. The van der Waals surface area contributed by atoms with Gasteiger partial charge in [-0.2, -0.15) is 0 Å². The van der Waals surface area contributed by atoms with Crippen LogP contribution >= 0.6 is 15.9 Å². The summed E-state index contributed by atoms with van der Waals surface area (Å²) < 4.78 is 6.75. The van der Waals surface area contributed by atoms with E-state index in [1.165, 1.54) is 0 Å². The van der Waals surface area contributed by atoms with Gasteiger partial charge in [0.25, 0.3) is 0 Å². The number of phenolic OH excluding ortho intramolecular Hbond substituents is 1. The van der Waals surface area contributed by atoms with Crippen molar-refractivity contribution in [1.82, 2.24) is 0 Å². The summed E-state index contributed by atoms with van der Waals surface area (Å²) in [5, 5.41) is 9.71. The smallest absolute Gasteiger partial charge is 0.121 e. The Bertz CT molecular complexity index is 374. The zero-order valence-corrected chi connectivity index (χ0v) is 10.5. The summed E-state index contributed by atoms with van der Waals surface area (Å²) in [5.41, 5.74) is 2.07. The summed E-state index contributed by atoms with van der Waals surface area (Å²) >= 11 is 3.52. The van der Waals surface area contributed by atoms with Crippen molar-refractivity contribution in [2.45, 2.75) is 33.0 Å². The molecule has 0 saturated heterocycles. The Balaban J connectivity index is 2.37. The van der Waals surface area contributed by atoms with E-state index in [1.807, 2.05) is 6.07 Å². The molecule has 0 saturated carbocycles. The Morgan fingerprint density at radius 1 is 1.53 bits per heavy atom. The number of rotatable bonds is 2. The van der Waals surface area contributed by atoms with Gasteiger partial charge in [0, 0.05) is 15.6 Å². The highest BCUT2D eigenvalue weighted by Crippen LogP contribution is 2.43. The topological polar surface area (TPSA) is 29.5 Å². The van der Waals surface area contributed by atoms with E-state index in [9.17, 15) is 5.11 Å². The van der Waals surface area contributed by atoms with Crippen LogP contribution < -0.4 is 0 Å². The lowest BCUT2D eigenvalue weighted by Gasteiger charge is -2.14. The monoisotopic (exact) mass is 270 g/mol. The number of phenols is 1. The van der Waals surface area contributed by atoms with Crippen LogP contribution in [0.25, 0.3) is 0 Å². The van der Waals surface area contributed by atoms with Crippen molar-refractivity contribution in [3.8, 4) is 5.75 Å². The maximum Gasteiger partial charge on any atom is 0.121 e. The second-order valence-corrected chi connectivity index (χ2v) is 5.24. The normalized spacial score (nSPS) is 19.6. The van der Waals surface area contributed by atoms with E-state index in [-0.39, 0.29) is 6.10 Å². The summed E-state index contributed by atoms with van der Waals surface area (Å²) in [7, 11) is 0. The summed E-state index contributed by atoms with van der Waals surface area (Å²) in [5.74, 6) is 0.939. The molecule has 1 heterocycles. The van der Waals surface area contributed by atoms with Gasteiger partial charge in [0.15, 0.2) is 0 Å². The Hall–Kier alpha value is -0.540. The highest BCUT2D eigenvalue weighted by Gasteiger charge is 2.28. The van der Waals surface area contributed by atoms with Crippen molar-refractivity contribution in [3.05, 3.63) is 27.7 Å². The Morgan fingerprint density at radius 3 is 2.93 bits per heavy atom. The molecule has 1 aliphatic rings. The Kier molecular flexibility index (Phi) is 3.03. The lowest BCUT2D eigenvalue weighted by molar-refractivity contribution is 0.0507. The number of aromatic hydroxyl groups is 1.